The highest BCUT2D eigenvalue weighted by Gasteiger charge is 2.38. The van der Waals surface area contributed by atoms with Crippen molar-refractivity contribution in [2.75, 3.05) is 5.32 Å². The van der Waals surface area contributed by atoms with Crippen molar-refractivity contribution in [3.05, 3.63) is 29.3 Å². The molecule has 0 saturated heterocycles. The second-order valence-electron chi connectivity index (χ2n) is 4.98. The summed E-state index contributed by atoms with van der Waals surface area (Å²) in [6.45, 7) is 5.13. The van der Waals surface area contributed by atoms with Crippen LogP contribution in [0, 0.1) is 0 Å². The fourth-order valence-electron chi connectivity index (χ4n) is 2.00. The number of oxime groups is 1. The summed E-state index contributed by atoms with van der Waals surface area (Å²) < 4.78 is 0. The summed E-state index contributed by atoms with van der Waals surface area (Å²) in [5, 5.41) is 16.6. The van der Waals surface area contributed by atoms with Gasteiger partial charge in [0.2, 0.25) is 5.91 Å². The maximum atomic E-state index is 11.8. The van der Waals surface area contributed by atoms with Crippen LogP contribution in [0.2, 0.25) is 0 Å². The number of hydrogen-bond acceptors (Lipinski definition) is 4. The predicted molar refractivity (Wildman–Crippen MR) is 70.5 cm³/mol. The van der Waals surface area contributed by atoms with Gasteiger partial charge in [-0.05, 0) is 38.5 Å². The van der Waals surface area contributed by atoms with Crippen LogP contribution in [0.3, 0.4) is 0 Å². The zero-order valence-corrected chi connectivity index (χ0v) is 10.9. The van der Waals surface area contributed by atoms with Crippen LogP contribution < -0.4 is 10.6 Å². The highest BCUT2D eigenvalue weighted by atomic mass is 16.4. The van der Waals surface area contributed by atoms with Crippen molar-refractivity contribution >= 4 is 23.3 Å². The quantitative estimate of drug-likeness (QED) is 0.309. The first kappa shape index (κ1) is 13.1. The SMILES string of the molecule is C/C(=N\O)NC(=O)c1ccc2c(c1)NC(=O)C2(C)C. The maximum Gasteiger partial charge on any atom is 0.256 e. The Kier molecular flexibility index (Phi) is 3.01. The van der Waals surface area contributed by atoms with Crippen molar-refractivity contribution in [2.45, 2.75) is 26.2 Å². The Morgan fingerprint density at radius 2 is 2.11 bits per heavy atom. The Bertz CT molecular complexity index is 591. The number of benzene rings is 1. The topological polar surface area (TPSA) is 90.8 Å². The van der Waals surface area contributed by atoms with Gasteiger partial charge in [0.05, 0.1) is 5.41 Å². The van der Waals surface area contributed by atoms with E-state index in [1.54, 1.807) is 18.2 Å². The van der Waals surface area contributed by atoms with E-state index in [9.17, 15) is 9.59 Å². The van der Waals surface area contributed by atoms with Crippen molar-refractivity contribution in [1.82, 2.24) is 5.32 Å². The second kappa shape index (κ2) is 4.38. The zero-order valence-electron chi connectivity index (χ0n) is 10.9. The maximum absolute atomic E-state index is 11.8. The van der Waals surface area contributed by atoms with E-state index in [0.717, 1.165) is 5.56 Å². The molecule has 1 aromatic carbocycles. The highest BCUT2D eigenvalue weighted by Crippen LogP contribution is 2.37. The van der Waals surface area contributed by atoms with Gasteiger partial charge in [0.1, 0.15) is 5.84 Å². The van der Waals surface area contributed by atoms with Crippen LogP contribution >= 0.6 is 0 Å². The van der Waals surface area contributed by atoms with E-state index in [2.05, 4.69) is 15.8 Å². The summed E-state index contributed by atoms with van der Waals surface area (Å²) in [5.74, 6) is -0.375. The Balaban J connectivity index is 2.32. The van der Waals surface area contributed by atoms with Gasteiger partial charge in [-0.1, -0.05) is 11.2 Å². The van der Waals surface area contributed by atoms with Gasteiger partial charge in [-0.3, -0.25) is 9.59 Å². The molecule has 0 spiro atoms. The largest absolute Gasteiger partial charge is 0.409 e. The van der Waals surface area contributed by atoms with E-state index >= 15 is 0 Å². The van der Waals surface area contributed by atoms with E-state index in [-0.39, 0.29) is 11.7 Å². The molecular formula is C13H15N3O3. The summed E-state index contributed by atoms with van der Waals surface area (Å²) in [6.07, 6.45) is 0. The third-order valence-corrected chi connectivity index (χ3v) is 3.22. The van der Waals surface area contributed by atoms with Crippen LogP contribution in [0.15, 0.2) is 23.4 Å². The first-order valence-corrected chi connectivity index (χ1v) is 5.82. The van der Waals surface area contributed by atoms with Gasteiger partial charge < -0.3 is 15.8 Å². The third kappa shape index (κ3) is 2.16. The molecule has 1 aliphatic rings. The Morgan fingerprint density at radius 1 is 1.42 bits per heavy atom. The van der Waals surface area contributed by atoms with E-state index in [4.69, 9.17) is 5.21 Å². The number of nitrogens with one attached hydrogen (secondary N) is 2. The van der Waals surface area contributed by atoms with Crippen molar-refractivity contribution in [3.8, 4) is 0 Å². The zero-order chi connectivity index (χ0) is 14.2. The van der Waals surface area contributed by atoms with Gasteiger partial charge in [-0.2, -0.15) is 0 Å². The monoisotopic (exact) mass is 261 g/mol. The molecule has 0 atom stereocenters. The predicted octanol–water partition coefficient (Wildman–Crippen LogP) is 1.45. The van der Waals surface area contributed by atoms with E-state index in [1.165, 1.54) is 6.92 Å². The molecule has 0 saturated carbocycles. The third-order valence-electron chi connectivity index (χ3n) is 3.22. The normalized spacial score (nSPS) is 16.8. The Labute approximate surface area is 110 Å². The summed E-state index contributed by atoms with van der Waals surface area (Å²) >= 11 is 0. The Morgan fingerprint density at radius 3 is 2.74 bits per heavy atom. The summed E-state index contributed by atoms with van der Waals surface area (Å²) in [4.78, 5) is 23.6. The average molecular weight is 261 g/mol. The number of rotatable bonds is 1. The molecule has 1 aromatic rings. The van der Waals surface area contributed by atoms with Crippen molar-refractivity contribution in [3.63, 3.8) is 0 Å². The van der Waals surface area contributed by atoms with Crippen molar-refractivity contribution < 1.29 is 14.8 Å². The van der Waals surface area contributed by atoms with Crippen LogP contribution in [0.25, 0.3) is 0 Å². The van der Waals surface area contributed by atoms with Gasteiger partial charge in [-0.15, -0.1) is 0 Å². The number of fused-ring (bicyclic) bond motifs is 1. The minimum Gasteiger partial charge on any atom is -0.409 e. The number of carbonyl (C=O) groups excluding carboxylic acids is 2. The minimum absolute atomic E-state index is 0.0897. The molecule has 0 unspecified atom stereocenters. The van der Waals surface area contributed by atoms with Gasteiger partial charge in [0.25, 0.3) is 5.91 Å². The average Bonchev–Trinajstić information content (AvgIpc) is 2.59. The molecule has 6 heteroatoms. The number of hydrogen-bond donors (Lipinski definition) is 3. The molecule has 0 bridgehead atoms. The fraction of sp³-hybridized carbons (Fsp3) is 0.308. The molecule has 2 rings (SSSR count). The summed E-state index contributed by atoms with van der Waals surface area (Å²) in [7, 11) is 0. The number of amidine groups is 1. The first-order chi connectivity index (χ1) is 8.86. The molecule has 0 fully saturated rings. The van der Waals surface area contributed by atoms with E-state index < -0.39 is 11.3 Å². The van der Waals surface area contributed by atoms with Gasteiger partial charge in [0, 0.05) is 11.3 Å². The molecule has 6 nitrogen and oxygen atoms in total. The lowest BCUT2D eigenvalue weighted by Crippen LogP contribution is -2.28. The number of amides is 2. The van der Waals surface area contributed by atoms with Crippen LogP contribution in [0.1, 0.15) is 36.7 Å². The lowest BCUT2D eigenvalue weighted by molar-refractivity contribution is -0.119. The number of anilines is 1. The van der Waals surface area contributed by atoms with Gasteiger partial charge >= 0.3 is 0 Å². The molecule has 0 aromatic heterocycles. The molecule has 3 N–H and O–H groups in total. The fourth-order valence-corrected chi connectivity index (χ4v) is 2.00. The number of nitrogens with zero attached hydrogens (tertiary/aromatic N) is 1. The smallest absolute Gasteiger partial charge is 0.256 e. The van der Waals surface area contributed by atoms with E-state index in [0.29, 0.717) is 11.3 Å². The van der Waals surface area contributed by atoms with Crippen LogP contribution in [0.4, 0.5) is 5.69 Å². The molecule has 2 amide bonds. The minimum atomic E-state index is -0.590. The van der Waals surface area contributed by atoms with Crippen molar-refractivity contribution in [1.29, 1.82) is 0 Å². The molecule has 100 valence electrons. The molecular weight excluding hydrogens is 246 g/mol. The van der Waals surface area contributed by atoms with E-state index in [1.807, 2.05) is 13.8 Å². The van der Waals surface area contributed by atoms with Crippen LogP contribution in [0.5, 0.6) is 0 Å². The second-order valence-corrected chi connectivity index (χ2v) is 4.98. The summed E-state index contributed by atoms with van der Waals surface area (Å²) in [5.41, 5.74) is 1.30. The molecule has 1 aliphatic heterocycles. The Hall–Kier alpha value is -2.37. The molecule has 0 radical (unpaired) electrons. The number of carbonyl (C=O) groups is 2. The highest BCUT2D eigenvalue weighted by molar-refractivity contribution is 6.09. The molecule has 19 heavy (non-hydrogen) atoms. The standard InChI is InChI=1S/C13H15N3O3/c1-7(16-19)14-11(17)8-4-5-9-10(6-8)15-12(18)13(9,2)3/h4-6,19H,1-3H3,(H,15,18)(H,14,16,17). The van der Waals surface area contributed by atoms with Gasteiger partial charge in [0.15, 0.2) is 0 Å². The van der Waals surface area contributed by atoms with Crippen molar-refractivity contribution in [2.24, 2.45) is 5.16 Å². The first-order valence-electron chi connectivity index (χ1n) is 5.82. The van der Waals surface area contributed by atoms with Crippen LogP contribution in [-0.4, -0.2) is 22.9 Å². The van der Waals surface area contributed by atoms with Crippen LogP contribution in [-0.2, 0) is 10.2 Å². The molecule has 0 aliphatic carbocycles. The molecule has 1 heterocycles. The summed E-state index contributed by atoms with van der Waals surface area (Å²) in [6, 6.07) is 5.01. The van der Waals surface area contributed by atoms with Gasteiger partial charge in [-0.25, -0.2) is 0 Å². The lowest BCUT2D eigenvalue weighted by Gasteiger charge is -2.14. The lowest BCUT2D eigenvalue weighted by atomic mass is 9.86.